The quantitative estimate of drug-likeness (QED) is 0.688. The first-order valence-electron chi connectivity index (χ1n) is 8.10. The van der Waals surface area contributed by atoms with Crippen molar-refractivity contribution in [1.29, 1.82) is 0 Å². The maximum atomic E-state index is 14.2. The molecule has 5 nitrogen and oxygen atoms in total. The SMILES string of the molecule is CNc1ccc(F)c(-c2cc(-c3cc4c([nH]3)CCNC4=O)ccn2)c1. The molecule has 0 unspecified atom stereocenters. The van der Waals surface area contributed by atoms with Crippen molar-refractivity contribution in [2.24, 2.45) is 0 Å². The Labute approximate surface area is 144 Å². The minimum Gasteiger partial charge on any atom is -0.388 e. The molecule has 25 heavy (non-hydrogen) atoms. The molecule has 3 N–H and O–H groups in total. The number of H-pyrrole nitrogens is 1. The lowest BCUT2D eigenvalue weighted by Gasteiger charge is -2.11. The van der Waals surface area contributed by atoms with E-state index in [1.54, 1.807) is 25.4 Å². The fourth-order valence-corrected chi connectivity index (χ4v) is 3.07. The van der Waals surface area contributed by atoms with Gasteiger partial charge in [0, 0.05) is 54.4 Å². The molecule has 3 aromatic rings. The van der Waals surface area contributed by atoms with E-state index in [2.05, 4.69) is 20.6 Å². The van der Waals surface area contributed by atoms with E-state index >= 15 is 0 Å². The van der Waals surface area contributed by atoms with E-state index in [0.29, 0.717) is 23.4 Å². The highest BCUT2D eigenvalue weighted by Gasteiger charge is 2.20. The summed E-state index contributed by atoms with van der Waals surface area (Å²) >= 11 is 0. The molecule has 0 atom stereocenters. The van der Waals surface area contributed by atoms with Crippen LogP contribution in [0.25, 0.3) is 22.5 Å². The second kappa shape index (κ2) is 6.05. The molecule has 1 aliphatic heterocycles. The minimum absolute atomic E-state index is 0.0641. The summed E-state index contributed by atoms with van der Waals surface area (Å²) in [7, 11) is 1.79. The van der Waals surface area contributed by atoms with Gasteiger partial charge < -0.3 is 15.6 Å². The fourth-order valence-electron chi connectivity index (χ4n) is 3.07. The Morgan fingerprint density at radius 1 is 1.16 bits per heavy atom. The fraction of sp³-hybridized carbons (Fsp3) is 0.158. The molecule has 3 heterocycles. The standard InChI is InChI=1S/C19H17FN4O/c1-21-12-2-3-15(20)13(9-12)18-8-11(4-6-22-18)17-10-14-16(24-17)5-7-23-19(14)25/h2-4,6,8-10,21,24H,5,7H2,1H3,(H,23,25). The molecule has 4 rings (SSSR count). The number of hydrogen-bond donors (Lipinski definition) is 3. The Morgan fingerprint density at radius 2 is 2.04 bits per heavy atom. The van der Waals surface area contributed by atoms with Crippen LogP contribution in [0.15, 0.2) is 42.6 Å². The second-order valence-corrected chi connectivity index (χ2v) is 5.96. The highest BCUT2D eigenvalue weighted by atomic mass is 19.1. The number of fused-ring (bicyclic) bond motifs is 1. The van der Waals surface area contributed by atoms with Crippen molar-refractivity contribution < 1.29 is 9.18 Å². The number of anilines is 1. The van der Waals surface area contributed by atoms with E-state index in [0.717, 1.165) is 29.1 Å². The predicted molar refractivity (Wildman–Crippen MR) is 95.0 cm³/mol. The monoisotopic (exact) mass is 336 g/mol. The summed E-state index contributed by atoms with van der Waals surface area (Å²) in [5, 5.41) is 5.84. The Kier molecular flexibility index (Phi) is 3.72. The third-order valence-electron chi connectivity index (χ3n) is 4.41. The number of benzene rings is 1. The van der Waals surface area contributed by atoms with Gasteiger partial charge in [0.1, 0.15) is 5.82 Å². The van der Waals surface area contributed by atoms with E-state index in [1.165, 1.54) is 6.07 Å². The van der Waals surface area contributed by atoms with Gasteiger partial charge in [0.05, 0.1) is 11.3 Å². The van der Waals surface area contributed by atoms with Crippen molar-refractivity contribution >= 4 is 11.6 Å². The summed E-state index contributed by atoms with van der Waals surface area (Å²) < 4.78 is 14.2. The van der Waals surface area contributed by atoms with Crippen molar-refractivity contribution in [2.45, 2.75) is 6.42 Å². The van der Waals surface area contributed by atoms with Gasteiger partial charge in [-0.05, 0) is 36.4 Å². The number of nitrogens with one attached hydrogen (secondary N) is 3. The average Bonchev–Trinajstić information content (AvgIpc) is 3.08. The zero-order chi connectivity index (χ0) is 17.4. The molecular weight excluding hydrogens is 319 g/mol. The number of carbonyl (C=O) groups is 1. The molecule has 6 heteroatoms. The Morgan fingerprint density at radius 3 is 2.84 bits per heavy atom. The number of aromatic amines is 1. The van der Waals surface area contributed by atoms with E-state index < -0.39 is 0 Å². The first-order valence-corrected chi connectivity index (χ1v) is 8.10. The second-order valence-electron chi connectivity index (χ2n) is 5.96. The number of amides is 1. The third kappa shape index (κ3) is 2.76. The van der Waals surface area contributed by atoms with E-state index in [-0.39, 0.29) is 11.7 Å². The van der Waals surface area contributed by atoms with Crippen molar-refractivity contribution in [1.82, 2.24) is 15.3 Å². The van der Waals surface area contributed by atoms with E-state index in [4.69, 9.17) is 0 Å². The largest absolute Gasteiger partial charge is 0.388 e. The van der Waals surface area contributed by atoms with E-state index in [9.17, 15) is 9.18 Å². The van der Waals surface area contributed by atoms with Crippen LogP contribution < -0.4 is 10.6 Å². The zero-order valence-corrected chi connectivity index (χ0v) is 13.7. The Hall–Kier alpha value is -3.15. The number of hydrogen-bond acceptors (Lipinski definition) is 3. The van der Waals surface area contributed by atoms with Crippen molar-refractivity contribution in [3.05, 3.63) is 59.7 Å². The van der Waals surface area contributed by atoms with Crippen LogP contribution in [0.2, 0.25) is 0 Å². The van der Waals surface area contributed by atoms with Gasteiger partial charge in [0.2, 0.25) is 0 Å². The predicted octanol–water partition coefficient (Wildman–Crippen LogP) is 3.21. The Balaban J connectivity index is 1.77. The average molecular weight is 336 g/mol. The smallest absolute Gasteiger partial charge is 0.253 e. The van der Waals surface area contributed by atoms with Crippen LogP contribution in [0.5, 0.6) is 0 Å². The number of aromatic nitrogens is 2. The van der Waals surface area contributed by atoms with E-state index in [1.807, 2.05) is 18.2 Å². The van der Waals surface area contributed by atoms with Crippen LogP contribution in [0, 0.1) is 5.82 Å². The Bertz CT molecular complexity index is 964. The molecule has 2 aromatic heterocycles. The summed E-state index contributed by atoms with van der Waals surface area (Å²) in [6, 6.07) is 10.3. The lowest BCUT2D eigenvalue weighted by atomic mass is 10.1. The van der Waals surface area contributed by atoms with Gasteiger partial charge in [0.25, 0.3) is 5.91 Å². The van der Waals surface area contributed by atoms with Gasteiger partial charge in [-0.3, -0.25) is 9.78 Å². The molecule has 0 saturated carbocycles. The molecule has 0 radical (unpaired) electrons. The number of carbonyl (C=O) groups excluding carboxylic acids is 1. The van der Waals surface area contributed by atoms with Crippen LogP contribution in [-0.4, -0.2) is 29.5 Å². The first-order chi connectivity index (χ1) is 12.2. The number of nitrogens with zero attached hydrogens (tertiary/aromatic N) is 1. The van der Waals surface area contributed by atoms with Crippen molar-refractivity contribution in [3.63, 3.8) is 0 Å². The lowest BCUT2D eigenvalue weighted by molar-refractivity contribution is 0.0946. The normalized spacial score (nSPS) is 13.3. The van der Waals surface area contributed by atoms with Crippen LogP contribution >= 0.6 is 0 Å². The lowest BCUT2D eigenvalue weighted by Crippen LogP contribution is -2.31. The van der Waals surface area contributed by atoms with Crippen LogP contribution in [0.4, 0.5) is 10.1 Å². The van der Waals surface area contributed by atoms with Crippen LogP contribution in [0.3, 0.4) is 0 Å². The van der Waals surface area contributed by atoms with Gasteiger partial charge in [-0.15, -0.1) is 0 Å². The maximum Gasteiger partial charge on any atom is 0.253 e. The summed E-state index contributed by atoms with van der Waals surface area (Å²) in [6.45, 7) is 0.634. The molecule has 0 bridgehead atoms. The van der Waals surface area contributed by atoms with Gasteiger partial charge >= 0.3 is 0 Å². The first kappa shape index (κ1) is 15.4. The summed E-state index contributed by atoms with van der Waals surface area (Å²) in [4.78, 5) is 19.5. The zero-order valence-electron chi connectivity index (χ0n) is 13.7. The minimum atomic E-state index is -0.325. The number of rotatable bonds is 3. The highest BCUT2D eigenvalue weighted by molar-refractivity contribution is 5.97. The highest BCUT2D eigenvalue weighted by Crippen LogP contribution is 2.29. The van der Waals surface area contributed by atoms with Gasteiger partial charge in [0.15, 0.2) is 0 Å². The summed E-state index contributed by atoms with van der Waals surface area (Å²) in [5.41, 5.74) is 5.09. The maximum absolute atomic E-state index is 14.2. The van der Waals surface area contributed by atoms with Crippen molar-refractivity contribution in [3.8, 4) is 22.5 Å². The van der Waals surface area contributed by atoms with Crippen molar-refractivity contribution in [2.75, 3.05) is 18.9 Å². The summed E-state index contributed by atoms with van der Waals surface area (Å²) in [6.07, 6.45) is 2.42. The molecule has 0 saturated heterocycles. The molecule has 126 valence electrons. The number of halogens is 1. The molecule has 1 amide bonds. The van der Waals surface area contributed by atoms with Gasteiger partial charge in [-0.25, -0.2) is 4.39 Å². The van der Waals surface area contributed by atoms with Gasteiger partial charge in [-0.1, -0.05) is 0 Å². The number of pyridine rings is 1. The topological polar surface area (TPSA) is 69.8 Å². The molecule has 0 spiro atoms. The molecule has 0 aliphatic carbocycles. The molecule has 1 aliphatic rings. The molecule has 1 aromatic carbocycles. The summed E-state index contributed by atoms with van der Waals surface area (Å²) in [5.74, 6) is -0.389. The van der Waals surface area contributed by atoms with Crippen LogP contribution in [0.1, 0.15) is 16.1 Å². The molecular formula is C19H17FN4O. The van der Waals surface area contributed by atoms with Crippen LogP contribution in [-0.2, 0) is 6.42 Å². The molecule has 0 fully saturated rings. The van der Waals surface area contributed by atoms with Gasteiger partial charge in [-0.2, -0.15) is 0 Å². The third-order valence-corrected chi connectivity index (χ3v) is 4.41.